The fourth-order valence-electron chi connectivity index (χ4n) is 1.83. The lowest BCUT2D eigenvalue weighted by molar-refractivity contribution is 0.432. The highest BCUT2D eigenvalue weighted by atomic mass is 79.9. The number of benzene rings is 1. The highest BCUT2D eigenvalue weighted by Gasteiger charge is 2.15. The number of hydrogen-bond acceptors (Lipinski definition) is 5. The van der Waals surface area contributed by atoms with E-state index in [0.717, 1.165) is 4.88 Å². The minimum atomic E-state index is -0.369. The van der Waals surface area contributed by atoms with E-state index in [0.29, 0.717) is 32.3 Å². The Bertz CT molecular complexity index is 764. The van der Waals surface area contributed by atoms with E-state index in [2.05, 4.69) is 26.1 Å². The molecule has 0 amide bonds. The zero-order valence-electron chi connectivity index (χ0n) is 10.4. The van der Waals surface area contributed by atoms with E-state index in [9.17, 15) is 4.39 Å². The molecular weight excluding hydrogens is 345 g/mol. The topological polar surface area (TPSA) is 64.9 Å². The Morgan fingerprint density at radius 2 is 2.10 bits per heavy atom. The Balaban J connectivity index is 2.04. The maximum atomic E-state index is 13.4. The predicted molar refractivity (Wildman–Crippen MR) is 79.9 cm³/mol. The van der Waals surface area contributed by atoms with Crippen LogP contribution in [-0.4, -0.2) is 10.1 Å². The first kappa shape index (κ1) is 13.3. The van der Waals surface area contributed by atoms with Gasteiger partial charge >= 0.3 is 0 Å². The summed E-state index contributed by atoms with van der Waals surface area (Å²) in [7, 11) is 0. The lowest BCUT2D eigenvalue weighted by atomic mass is 10.2. The molecule has 20 heavy (non-hydrogen) atoms. The summed E-state index contributed by atoms with van der Waals surface area (Å²) >= 11 is 4.69. The van der Waals surface area contributed by atoms with Crippen molar-refractivity contribution in [3.8, 4) is 22.8 Å². The first-order valence-corrected chi connectivity index (χ1v) is 7.30. The van der Waals surface area contributed by atoms with Crippen LogP contribution in [-0.2, 0) is 0 Å². The van der Waals surface area contributed by atoms with Gasteiger partial charge in [0.2, 0.25) is 5.82 Å². The molecule has 2 heterocycles. The molecule has 0 saturated heterocycles. The molecule has 0 unspecified atom stereocenters. The van der Waals surface area contributed by atoms with Crippen LogP contribution < -0.4 is 5.73 Å². The normalized spacial score (nSPS) is 10.9. The maximum absolute atomic E-state index is 13.4. The van der Waals surface area contributed by atoms with Crippen LogP contribution in [0.2, 0.25) is 0 Å². The number of nitrogen functional groups attached to an aromatic ring is 1. The average molecular weight is 354 g/mol. The zero-order chi connectivity index (χ0) is 14.3. The van der Waals surface area contributed by atoms with Gasteiger partial charge in [-0.1, -0.05) is 21.1 Å². The SMILES string of the molecule is Cc1cc(-c2nc(-c3cc(F)cc(Br)c3)no2)c(N)s1. The molecule has 0 aliphatic heterocycles. The van der Waals surface area contributed by atoms with Crippen LogP contribution in [0.5, 0.6) is 0 Å². The fourth-order valence-corrected chi connectivity index (χ4v) is 3.08. The van der Waals surface area contributed by atoms with Crippen LogP contribution in [0.3, 0.4) is 0 Å². The number of nitrogens with zero attached hydrogens (tertiary/aromatic N) is 2. The number of thiophene rings is 1. The molecule has 0 aliphatic rings. The van der Waals surface area contributed by atoms with Crippen molar-refractivity contribution in [2.75, 3.05) is 5.73 Å². The van der Waals surface area contributed by atoms with Gasteiger partial charge in [0.15, 0.2) is 0 Å². The molecule has 4 nitrogen and oxygen atoms in total. The van der Waals surface area contributed by atoms with Crippen molar-refractivity contribution in [2.45, 2.75) is 6.92 Å². The van der Waals surface area contributed by atoms with Crippen molar-refractivity contribution < 1.29 is 8.91 Å². The first-order chi connectivity index (χ1) is 9.52. The highest BCUT2D eigenvalue weighted by molar-refractivity contribution is 9.10. The monoisotopic (exact) mass is 353 g/mol. The minimum Gasteiger partial charge on any atom is -0.390 e. The van der Waals surface area contributed by atoms with Crippen LogP contribution in [0, 0.1) is 12.7 Å². The van der Waals surface area contributed by atoms with E-state index in [4.69, 9.17) is 10.3 Å². The molecule has 0 radical (unpaired) electrons. The second kappa shape index (κ2) is 4.99. The Morgan fingerprint density at radius 3 is 2.75 bits per heavy atom. The molecule has 0 saturated carbocycles. The van der Waals surface area contributed by atoms with E-state index in [1.807, 2.05) is 13.0 Å². The fraction of sp³-hybridized carbons (Fsp3) is 0.0769. The van der Waals surface area contributed by atoms with E-state index < -0.39 is 0 Å². The van der Waals surface area contributed by atoms with Crippen molar-refractivity contribution in [1.29, 1.82) is 0 Å². The molecule has 0 atom stereocenters. The lowest BCUT2D eigenvalue weighted by Gasteiger charge is -1.96. The van der Waals surface area contributed by atoms with Crippen LogP contribution in [0.4, 0.5) is 9.39 Å². The lowest BCUT2D eigenvalue weighted by Crippen LogP contribution is -1.85. The van der Waals surface area contributed by atoms with Crippen molar-refractivity contribution in [3.05, 3.63) is 39.4 Å². The van der Waals surface area contributed by atoms with E-state index in [1.54, 1.807) is 6.07 Å². The largest absolute Gasteiger partial charge is 0.390 e. The molecule has 0 spiro atoms. The Hall–Kier alpha value is -1.73. The van der Waals surface area contributed by atoms with Crippen molar-refractivity contribution in [2.24, 2.45) is 0 Å². The average Bonchev–Trinajstić information content (AvgIpc) is 2.94. The summed E-state index contributed by atoms with van der Waals surface area (Å²) in [5, 5.41) is 4.49. The summed E-state index contributed by atoms with van der Waals surface area (Å²) in [5.74, 6) is 0.289. The summed E-state index contributed by atoms with van der Waals surface area (Å²) in [6, 6.07) is 6.32. The molecule has 0 aliphatic carbocycles. The van der Waals surface area contributed by atoms with E-state index in [1.165, 1.54) is 23.5 Å². The van der Waals surface area contributed by atoms with Crippen LogP contribution >= 0.6 is 27.3 Å². The summed E-state index contributed by atoms with van der Waals surface area (Å²) in [6.07, 6.45) is 0. The minimum absolute atomic E-state index is 0.323. The highest BCUT2D eigenvalue weighted by Crippen LogP contribution is 2.33. The molecule has 2 aromatic heterocycles. The van der Waals surface area contributed by atoms with Crippen molar-refractivity contribution >= 4 is 32.3 Å². The zero-order valence-corrected chi connectivity index (χ0v) is 12.8. The summed E-state index contributed by atoms with van der Waals surface area (Å²) in [4.78, 5) is 5.33. The Kier molecular flexibility index (Phi) is 3.31. The standard InChI is InChI=1S/C13H9BrFN3OS/c1-6-2-10(11(16)20-6)13-17-12(18-19-13)7-3-8(14)5-9(15)4-7/h2-5H,16H2,1H3. The molecule has 3 aromatic rings. The van der Waals surface area contributed by atoms with Gasteiger partial charge in [0.05, 0.1) is 10.6 Å². The summed E-state index contributed by atoms with van der Waals surface area (Å²) < 4.78 is 19.2. The number of anilines is 1. The predicted octanol–water partition coefficient (Wildman–Crippen LogP) is 4.26. The number of hydrogen-bond donors (Lipinski definition) is 1. The van der Waals surface area contributed by atoms with Crippen LogP contribution in [0.1, 0.15) is 4.88 Å². The van der Waals surface area contributed by atoms with Gasteiger partial charge in [0.1, 0.15) is 5.82 Å². The number of aryl methyl sites for hydroxylation is 1. The molecule has 2 N–H and O–H groups in total. The third kappa shape index (κ3) is 2.46. The van der Waals surface area contributed by atoms with E-state index >= 15 is 0 Å². The van der Waals surface area contributed by atoms with Crippen LogP contribution in [0.25, 0.3) is 22.8 Å². The van der Waals surface area contributed by atoms with Gasteiger partial charge in [-0.25, -0.2) is 4.39 Å². The van der Waals surface area contributed by atoms with Crippen molar-refractivity contribution in [3.63, 3.8) is 0 Å². The molecular formula is C13H9BrFN3OS. The second-order valence-electron chi connectivity index (χ2n) is 4.22. The molecule has 102 valence electrons. The van der Waals surface area contributed by atoms with Gasteiger partial charge in [-0.2, -0.15) is 4.98 Å². The smallest absolute Gasteiger partial charge is 0.261 e. The van der Waals surface area contributed by atoms with Gasteiger partial charge in [-0.3, -0.25) is 0 Å². The third-order valence-electron chi connectivity index (χ3n) is 2.66. The van der Waals surface area contributed by atoms with Crippen LogP contribution in [0.15, 0.2) is 33.3 Å². The molecule has 1 aromatic carbocycles. The summed E-state index contributed by atoms with van der Waals surface area (Å²) in [6.45, 7) is 1.95. The van der Waals surface area contributed by atoms with E-state index in [-0.39, 0.29) is 5.82 Å². The maximum Gasteiger partial charge on any atom is 0.261 e. The Morgan fingerprint density at radius 1 is 1.30 bits per heavy atom. The molecule has 7 heteroatoms. The number of rotatable bonds is 2. The Labute approximate surface area is 126 Å². The first-order valence-electron chi connectivity index (χ1n) is 5.69. The molecule has 0 bridgehead atoms. The molecule has 3 rings (SSSR count). The number of nitrogens with two attached hydrogens (primary N) is 1. The van der Waals surface area contributed by atoms with Crippen molar-refractivity contribution in [1.82, 2.24) is 10.1 Å². The van der Waals surface area contributed by atoms with Gasteiger partial charge < -0.3 is 10.3 Å². The quantitative estimate of drug-likeness (QED) is 0.747. The van der Waals surface area contributed by atoms with Gasteiger partial charge in [-0.15, -0.1) is 11.3 Å². The summed E-state index contributed by atoms with van der Waals surface area (Å²) in [5.41, 5.74) is 7.14. The number of aromatic nitrogens is 2. The third-order valence-corrected chi connectivity index (χ3v) is 4.00. The number of halogens is 2. The van der Waals surface area contributed by atoms with Gasteiger partial charge in [-0.05, 0) is 31.2 Å². The van der Waals surface area contributed by atoms with Gasteiger partial charge in [0, 0.05) is 14.9 Å². The molecule has 0 fully saturated rings. The van der Waals surface area contributed by atoms with Gasteiger partial charge in [0.25, 0.3) is 5.89 Å². The second-order valence-corrected chi connectivity index (χ2v) is 6.42.